The van der Waals surface area contributed by atoms with Crippen molar-refractivity contribution in [2.45, 2.75) is 19.3 Å². The van der Waals surface area contributed by atoms with Gasteiger partial charge < -0.3 is 5.11 Å². The molecule has 0 radical (unpaired) electrons. The maximum atomic E-state index is 10.8. The molecule has 54 valence electrons. The van der Waals surface area contributed by atoms with Crippen LogP contribution in [-0.4, -0.2) is 16.7 Å². The smallest absolute Gasteiger partial charge is 0.227 e. The molecule has 0 bridgehead atoms. The van der Waals surface area contributed by atoms with E-state index in [1.54, 1.807) is 0 Å². The zero-order valence-electron chi connectivity index (χ0n) is 5.46. The number of hydrogen-bond donors (Lipinski definition) is 1. The van der Waals surface area contributed by atoms with Gasteiger partial charge in [0.05, 0.1) is 6.26 Å². The van der Waals surface area contributed by atoms with E-state index in [1.165, 1.54) is 0 Å². The molecule has 0 unspecified atom stereocenters. The molecule has 1 fully saturated rings. The molecule has 1 aliphatic carbocycles. The Morgan fingerprint density at radius 3 is 2.50 bits per heavy atom. The normalized spacial score (nSPS) is 23.8. The summed E-state index contributed by atoms with van der Waals surface area (Å²) in [5.74, 6) is -0.902. The molecule has 0 aromatic carbocycles. The lowest BCUT2D eigenvalue weighted by Gasteiger charge is -2.08. The summed E-state index contributed by atoms with van der Waals surface area (Å²) in [4.78, 5) is 21.4. The van der Waals surface area contributed by atoms with E-state index >= 15 is 0 Å². The van der Waals surface area contributed by atoms with Crippen molar-refractivity contribution in [2.24, 2.45) is 0 Å². The molecule has 1 rings (SSSR count). The summed E-state index contributed by atoms with van der Waals surface area (Å²) < 4.78 is 0. The van der Waals surface area contributed by atoms with E-state index in [0.29, 0.717) is 19.3 Å². The molecule has 0 saturated heterocycles. The molecule has 3 heteroatoms. The molecule has 0 spiro atoms. The lowest BCUT2D eigenvalue weighted by atomic mass is 9.93. The fourth-order valence-electron chi connectivity index (χ4n) is 0.969. The van der Waals surface area contributed by atoms with E-state index in [-0.39, 0.29) is 11.4 Å². The monoisotopic (exact) mass is 140 g/mol. The number of aliphatic hydroxyl groups is 1. The van der Waals surface area contributed by atoms with Crippen LogP contribution in [0.15, 0.2) is 11.8 Å². The van der Waals surface area contributed by atoms with Crippen molar-refractivity contribution in [3.8, 4) is 0 Å². The Balaban J connectivity index is 2.79. The van der Waals surface area contributed by atoms with E-state index in [9.17, 15) is 9.59 Å². The summed E-state index contributed by atoms with van der Waals surface area (Å²) in [6.07, 6.45) is 2.27. The predicted octanol–water partition coefficient (Wildman–Crippen LogP) is 0.750. The van der Waals surface area contributed by atoms with Crippen molar-refractivity contribution in [3.05, 3.63) is 11.8 Å². The molecular formula is C7H8O3. The number of Topliss-reactive ketones (excluding diaryl/α,β-unsaturated/α-hetero) is 2. The molecule has 0 heterocycles. The number of rotatable bonds is 0. The summed E-state index contributed by atoms with van der Waals surface area (Å²) in [6.45, 7) is 0. The third-order valence-electron chi connectivity index (χ3n) is 1.55. The Hall–Kier alpha value is -1.12. The first-order chi connectivity index (χ1) is 4.75. The lowest BCUT2D eigenvalue weighted by molar-refractivity contribution is -0.135. The zero-order chi connectivity index (χ0) is 7.56. The molecule has 3 nitrogen and oxygen atoms in total. The van der Waals surface area contributed by atoms with E-state index in [2.05, 4.69) is 0 Å². The average molecular weight is 140 g/mol. The van der Waals surface area contributed by atoms with Crippen LogP contribution < -0.4 is 0 Å². The van der Waals surface area contributed by atoms with Gasteiger partial charge in [-0.15, -0.1) is 0 Å². The minimum Gasteiger partial charge on any atom is -0.515 e. The molecule has 0 amide bonds. The van der Waals surface area contributed by atoms with Crippen LogP contribution in [0.5, 0.6) is 0 Å². The molecule has 10 heavy (non-hydrogen) atoms. The second-order valence-electron chi connectivity index (χ2n) is 2.26. The maximum absolute atomic E-state index is 10.8. The lowest BCUT2D eigenvalue weighted by Crippen LogP contribution is -2.20. The first-order valence-electron chi connectivity index (χ1n) is 3.16. The Morgan fingerprint density at radius 1 is 1.30 bits per heavy atom. The quantitative estimate of drug-likeness (QED) is 0.307. The van der Waals surface area contributed by atoms with Gasteiger partial charge in [-0.2, -0.15) is 0 Å². The van der Waals surface area contributed by atoms with Crippen LogP contribution in [0.2, 0.25) is 0 Å². The second-order valence-corrected chi connectivity index (χ2v) is 2.26. The molecular weight excluding hydrogens is 132 g/mol. The van der Waals surface area contributed by atoms with Crippen molar-refractivity contribution >= 4 is 11.6 Å². The fraction of sp³-hybridized carbons (Fsp3) is 0.429. The molecule has 0 aromatic rings. The van der Waals surface area contributed by atoms with Crippen LogP contribution in [0.25, 0.3) is 0 Å². The minimum absolute atomic E-state index is 0.247. The van der Waals surface area contributed by atoms with Crippen molar-refractivity contribution in [1.29, 1.82) is 0 Å². The van der Waals surface area contributed by atoms with Crippen molar-refractivity contribution in [2.75, 3.05) is 0 Å². The summed E-state index contributed by atoms with van der Waals surface area (Å²) >= 11 is 0. The van der Waals surface area contributed by atoms with Crippen LogP contribution in [0.4, 0.5) is 0 Å². The number of allylic oxidation sites excluding steroid dienone is 1. The number of carbonyl (C=O) groups is 2. The van der Waals surface area contributed by atoms with Gasteiger partial charge in [0, 0.05) is 12.0 Å². The molecule has 1 aliphatic rings. The highest BCUT2D eigenvalue weighted by Crippen LogP contribution is 2.15. The molecule has 1 saturated carbocycles. The third-order valence-corrected chi connectivity index (χ3v) is 1.55. The average Bonchev–Trinajstić information content (AvgIpc) is 1.95. The summed E-state index contributed by atoms with van der Waals surface area (Å²) in [6, 6.07) is 0. The first-order valence-corrected chi connectivity index (χ1v) is 3.16. The van der Waals surface area contributed by atoms with Crippen LogP contribution >= 0.6 is 0 Å². The van der Waals surface area contributed by atoms with Gasteiger partial charge in [0.15, 0.2) is 0 Å². The summed E-state index contributed by atoms with van der Waals surface area (Å²) in [5.41, 5.74) is 0.247. The van der Waals surface area contributed by atoms with Crippen molar-refractivity contribution in [1.82, 2.24) is 0 Å². The Labute approximate surface area is 58.4 Å². The van der Waals surface area contributed by atoms with Crippen LogP contribution in [0.1, 0.15) is 19.3 Å². The predicted molar refractivity (Wildman–Crippen MR) is 34.6 cm³/mol. The highest BCUT2D eigenvalue weighted by Gasteiger charge is 2.23. The summed E-state index contributed by atoms with van der Waals surface area (Å²) in [7, 11) is 0. The van der Waals surface area contributed by atoms with Crippen molar-refractivity contribution < 1.29 is 14.7 Å². The van der Waals surface area contributed by atoms with Gasteiger partial charge in [-0.1, -0.05) is 0 Å². The van der Waals surface area contributed by atoms with Crippen LogP contribution in [0.3, 0.4) is 0 Å². The highest BCUT2D eigenvalue weighted by molar-refractivity contribution is 6.44. The van der Waals surface area contributed by atoms with Crippen molar-refractivity contribution in [3.63, 3.8) is 0 Å². The number of aliphatic hydroxyl groups excluding tert-OH is 1. The van der Waals surface area contributed by atoms with E-state index in [0.717, 1.165) is 6.26 Å². The van der Waals surface area contributed by atoms with E-state index < -0.39 is 5.78 Å². The highest BCUT2D eigenvalue weighted by atomic mass is 16.2. The third kappa shape index (κ3) is 1.07. The first kappa shape index (κ1) is 6.99. The van der Waals surface area contributed by atoms with Gasteiger partial charge in [0.2, 0.25) is 11.6 Å². The molecule has 0 atom stereocenters. The topological polar surface area (TPSA) is 54.4 Å². The zero-order valence-corrected chi connectivity index (χ0v) is 5.46. The van der Waals surface area contributed by atoms with Gasteiger partial charge in [-0.3, -0.25) is 9.59 Å². The summed E-state index contributed by atoms with van der Waals surface area (Å²) in [5, 5.41) is 8.44. The largest absolute Gasteiger partial charge is 0.515 e. The van der Waals surface area contributed by atoms with Gasteiger partial charge in [0.1, 0.15) is 0 Å². The van der Waals surface area contributed by atoms with Crippen LogP contribution in [0, 0.1) is 0 Å². The maximum Gasteiger partial charge on any atom is 0.227 e. The molecule has 0 aliphatic heterocycles. The Kier molecular flexibility index (Phi) is 1.85. The van der Waals surface area contributed by atoms with Gasteiger partial charge in [0.25, 0.3) is 0 Å². The fourth-order valence-corrected chi connectivity index (χ4v) is 0.969. The molecule has 1 N–H and O–H groups in total. The number of carbonyl (C=O) groups excluding carboxylic acids is 2. The van der Waals surface area contributed by atoms with Crippen LogP contribution in [-0.2, 0) is 9.59 Å². The standard InChI is InChI=1S/C7H8O3/c8-4-5-2-1-3-6(9)7(5)10/h4,8H,1-3H2. The van der Waals surface area contributed by atoms with Gasteiger partial charge >= 0.3 is 0 Å². The SMILES string of the molecule is O=C1CCCC(=CO)C1=O. The minimum atomic E-state index is -0.520. The number of ketones is 2. The Morgan fingerprint density at radius 2 is 2.00 bits per heavy atom. The number of hydrogen-bond acceptors (Lipinski definition) is 3. The molecule has 0 aromatic heterocycles. The van der Waals surface area contributed by atoms with Gasteiger partial charge in [-0.05, 0) is 12.8 Å². The van der Waals surface area contributed by atoms with Gasteiger partial charge in [-0.25, -0.2) is 0 Å². The van der Waals surface area contributed by atoms with E-state index in [4.69, 9.17) is 5.11 Å². The van der Waals surface area contributed by atoms with E-state index in [1.807, 2.05) is 0 Å². The second kappa shape index (κ2) is 2.64. The Bertz CT molecular complexity index is 203.